The van der Waals surface area contributed by atoms with Crippen molar-refractivity contribution in [3.05, 3.63) is 35.4 Å². The smallest absolute Gasteiger partial charge is 0.338 e. The maximum Gasteiger partial charge on any atom is 0.338 e. The molecular weight excluding hydrogens is 276 g/mol. The first kappa shape index (κ1) is 15.0. The average Bonchev–Trinajstić information content (AvgIpc) is 2.92. The van der Waals surface area contributed by atoms with Crippen LogP contribution in [-0.4, -0.2) is 47.1 Å². The van der Waals surface area contributed by atoms with Crippen LogP contribution >= 0.6 is 0 Å². The van der Waals surface area contributed by atoms with Gasteiger partial charge in [0.2, 0.25) is 0 Å². The zero-order valence-corrected chi connectivity index (χ0v) is 11.5. The summed E-state index contributed by atoms with van der Waals surface area (Å²) in [6.07, 6.45) is -1.04. The lowest BCUT2D eigenvalue weighted by molar-refractivity contribution is -0.136. The lowest BCUT2D eigenvalue weighted by Crippen LogP contribution is -2.41. The standard InChI is InChI=1S/C14H16N2O5/c1-9(12(18)16-7-6-15-14(16)20)21-13(19)11-4-2-10(8-17)3-5-11/h2-5,9,17H,6-8H2,1H3,(H,15,20)/t9-/m1/s1. The van der Waals surface area contributed by atoms with Crippen LogP contribution in [0.1, 0.15) is 22.8 Å². The van der Waals surface area contributed by atoms with Gasteiger partial charge < -0.3 is 15.2 Å². The van der Waals surface area contributed by atoms with Crippen LogP contribution in [0.4, 0.5) is 4.79 Å². The molecule has 1 aliphatic heterocycles. The van der Waals surface area contributed by atoms with Crippen molar-refractivity contribution in [1.82, 2.24) is 10.2 Å². The molecule has 2 rings (SSSR count). The van der Waals surface area contributed by atoms with Gasteiger partial charge in [0, 0.05) is 13.1 Å². The van der Waals surface area contributed by atoms with Crippen molar-refractivity contribution in [3.63, 3.8) is 0 Å². The number of aliphatic hydroxyl groups is 1. The second-order valence-electron chi connectivity index (χ2n) is 4.62. The first-order chi connectivity index (χ1) is 10.0. The predicted molar refractivity (Wildman–Crippen MR) is 72.4 cm³/mol. The van der Waals surface area contributed by atoms with Crippen LogP contribution in [0.25, 0.3) is 0 Å². The third-order valence-electron chi connectivity index (χ3n) is 3.13. The molecule has 0 bridgehead atoms. The van der Waals surface area contributed by atoms with E-state index in [4.69, 9.17) is 9.84 Å². The third-order valence-corrected chi connectivity index (χ3v) is 3.13. The predicted octanol–water partition coefficient (Wildman–Crippen LogP) is 0.276. The second-order valence-corrected chi connectivity index (χ2v) is 4.62. The summed E-state index contributed by atoms with van der Waals surface area (Å²) >= 11 is 0. The van der Waals surface area contributed by atoms with Gasteiger partial charge in [0.15, 0.2) is 6.10 Å². The Balaban J connectivity index is 1.97. The topological polar surface area (TPSA) is 95.9 Å². The molecule has 1 aliphatic rings. The van der Waals surface area contributed by atoms with Crippen molar-refractivity contribution in [3.8, 4) is 0 Å². The summed E-state index contributed by atoms with van der Waals surface area (Å²) in [6.45, 7) is 1.97. The molecule has 1 aromatic carbocycles. The molecule has 1 atom stereocenters. The van der Waals surface area contributed by atoms with Crippen molar-refractivity contribution in [2.75, 3.05) is 13.1 Å². The molecule has 2 N–H and O–H groups in total. The summed E-state index contributed by atoms with van der Waals surface area (Å²) in [7, 11) is 0. The fourth-order valence-electron chi connectivity index (χ4n) is 1.93. The van der Waals surface area contributed by atoms with Gasteiger partial charge in [-0.1, -0.05) is 12.1 Å². The number of imide groups is 1. The molecule has 7 heteroatoms. The molecule has 112 valence electrons. The van der Waals surface area contributed by atoms with E-state index in [0.717, 1.165) is 4.90 Å². The van der Waals surface area contributed by atoms with Gasteiger partial charge in [0.25, 0.3) is 5.91 Å². The Bertz CT molecular complexity index is 555. The maximum atomic E-state index is 12.0. The van der Waals surface area contributed by atoms with Gasteiger partial charge in [0.05, 0.1) is 12.2 Å². The lowest BCUT2D eigenvalue weighted by Gasteiger charge is -2.18. The number of aliphatic hydroxyl groups excluding tert-OH is 1. The minimum atomic E-state index is -1.04. The molecule has 7 nitrogen and oxygen atoms in total. The van der Waals surface area contributed by atoms with E-state index in [0.29, 0.717) is 12.1 Å². The normalized spacial score (nSPS) is 15.5. The van der Waals surface area contributed by atoms with Gasteiger partial charge in [-0.05, 0) is 24.6 Å². The Morgan fingerprint density at radius 3 is 2.57 bits per heavy atom. The van der Waals surface area contributed by atoms with Crippen molar-refractivity contribution in [1.29, 1.82) is 0 Å². The lowest BCUT2D eigenvalue weighted by atomic mass is 10.1. The Morgan fingerprint density at radius 2 is 2.05 bits per heavy atom. The molecule has 1 heterocycles. The van der Waals surface area contributed by atoms with E-state index in [2.05, 4.69) is 5.32 Å². The van der Waals surface area contributed by atoms with Crippen molar-refractivity contribution in [2.24, 2.45) is 0 Å². The summed E-state index contributed by atoms with van der Waals surface area (Å²) in [5.74, 6) is -1.20. The van der Waals surface area contributed by atoms with Crippen LogP contribution in [0.15, 0.2) is 24.3 Å². The van der Waals surface area contributed by atoms with Crippen LogP contribution in [0.2, 0.25) is 0 Å². The van der Waals surface area contributed by atoms with Crippen molar-refractivity contribution in [2.45, 2.75) is 19.6 Å². The summed E-state index contributed by atoms with van der Waals surface area (Å²) in [5, 5.41) is 11.4. The number of carbonyl (C=O) groups excluding carboxylic acids is 3. The highest BCUT2D eigenvalue weighted by molar-refractivity contribution is 5.99. The Labute approximate surface area is 121 Å². The number of hydrogen-bond donors (Lipinski definition) is 2. The minimum absolute atomic E-state index is 0.117. The molecule has 0 spiro atoms. The Hall–Kier alpha value is -2.41. The monoisotopic (exact) mass is 292 g/mol. The first-order valence-corrected chi connectivity index (χ1v) is 6.53. The van der Waals surface area contributed by atoms with Gasteiger partial charge in [-0.15, -0.1) is 0 Å². The number of esters is 1. The van der Waals surface area contributed by atoms with E-state index in [1.807, 2.05) is 0 Å². The second kappa shape index (κ2) is 6.36. The number of nitrogens with one attached hydrogen (secondary N) is 1. The van der Waals surface area contributed by atoms with E-state index < -0.39 is 24.0 Å². The average molecular weight is 292 g/mol. The van der Waals surface area contributed by atoms with Crippen molar-refractivity contribution < 1.29 is 24.2 Å². The van der Waals surface area contributed by atoms with E-state index in [1.165, 1.54) is 19.1 Å². The largest absolute Gasteiger partial charge is 0.449 e. The zero-order chi connectivity index (χ0) is 15.4. The van der Waals surface area contributed by atoms with Gasteiger partial charge in [0.1, 0.15) is 0 Å². The fraction of sp³-hybridized carbons (Fsp3) is 0.357. The molecule has 0 unspecified atom stereocenters. The van der Waals surface area contributed by atoms with Crippen LogP contribution in [-0.2, 0) is 16.1 Å². The Morgan fingerprint density at radius 1 is 1.38 bits per heavy atom. The van der Waals surface area contributed by atoms with Crippen LogP contribution in [0.5, 0.6) is 0 Å². The van der Waals surface area contributed by atoms with Crippen molar-refractivity contribution >= 4 is 17.9 Å². The quantitative estimate of drug-likeness (QED) is 0.777. The molecule has 3 amide bonds. The van der Waals surface area contributed by atoms with Gasteiger partial charge in [-0.3, -0.25) is 9.69 Å². The molecule has 1 aromatic rings. The van der Waals surface area contributed by atoms with Gasteiger partial charge in [-0.2, -0.15) is 0 Å². The SMILES string of the molecule is C[C@@H](OC(=O)c1ccc(CO)cc1)C(=O)N1CCNC1=O. The number of hydrogen-bond acceptors (Lipinski definition) is 5. The number of rotatable bonds is 4. The van der Waals surface area contributed by atoms with E-state index >= 15 is 0 Å². The maximum absolute atomic E-state index is 12.0. The van der Waals surface area contributed by atoms with E-state index in [-0.39, 0.29) is 18.7 Å². The number of urea groups is 1. The number of nitrogens with zero attached hydrogens (tertiary/aromatic N) is 1. The molecule has 1 saturated heterocycles. The number of amides is 3. The Kier molecular flexibility index (Phi) is 4.54. The highest BCUT2D eigenvalue weighted by atomic mass is 16.5. The summed E-state index contributed by atoms with van der Waals surface area (Å²) in [6, 6.07) is 5.73. The van der Waals surface area contributed by atoms with Gasteiger partial charge >= 0.3 is 12.0 Å². The van der Waals surface area contributed by atoms with Gasteiger partial charge in [-0.25, -0.2) is 9.59 Å². The molecule has 0 aromatic heterocycles. The van der Waals surface area contributed by atoms with Crippen LogP contribution < -0.4 is 5.32 Å². The summed E-state index contributed by atoms with van der Waals surface area (Å²) in [5.41, 5.74) is 0.946. The highest BCUT2D eigenvalue weighted by Gasteiger charge is 2.31. The molecule has 1 fully saturated rings. The molecular formula is C14H16N2O5. The summed E-state index contributed by atoms with van der Waals surface area (Å²) < 4.78 is 5.06. The zero-order valence-electron chi connectivity index (χ0n) is 11.5. The van der Waals surface area contributed by atoms with Crippen LogP contribution in [0.3, 0.4) is 0 Å². The molecule has 21 heavy (non-hydrogen) atoms. The molecule has 0 aliphatic carbocycles. The van der Waals surface area contributed by atoms with Crippen LogP contribution in [0, 0.1) is 0 Å². The molecule has 0 saturated carbocycles. The highest BCUT2D eigenvalue weighted by Crippen LogP contribution is 2.10. The summed E-state index contributed by atoms with van der Waals surface area (Å²) in [4.78, 5) is 36.3. The fourth-order valence-corrected chi connectivity index (χ4v) is 1.93. The van der Waals surface area contributed by atoms with E-state index in [1.54, 1.807) is 12.1 Å². The number of ether oxygens (including phenoxy) is 1. The number of benzene rings is 1. The molecule has 0 radical (unpaired) electrons. The number of carbonyl (C=O) groups is 3. The minimum Gasteiger partial charge on any atom is -0.449 e. The third kappa shape index (κ3) is 3.38. The van der Waals surface area contributed by atoms with E-state index in [9.17, 15) is 14.4 Å². The first-order valence-electron chi connectivity index (χ1n) is 6.53.